The van der Waals surface area contributed by atoms with Crippen LogP contribution in [-0.2, 0) is 48.7 Å². The van der Waals surface area contributed by atoms with Gasteiger partial charge >= 0.3 is 0 Å². The van der Waals surface area contributed by atoms with E-state index in [9.17, 15) is 61.3 Å². The van der Waals surface area contributed by atoms with Gasteiger partial charge < -0.3 is 70.8 Å². The molecule has 3 atom stereocenters. The lowest BCUT2D eigenvalue weighted by Crippen LogP contribution is -2.43. The highest BCUT2D eigenvalue weighted by molar-refractivity contribution is 5.68. The van der Waals surface area contributed by atoms with E-state index < -0.39 is 5.41 Å². The van der Waals surface area contributed by atoms with Crippen LogP contribution in [0.2, 0.25) is 0 Å². The van der Waals surface area contributed by atoms with Crippen molar-refractivity contribution < 1.29 is 70.8 Å². The highest BCUT2D eigenvalue weighted by atomic mass is 16.5. The summed E-state index contributed by atoms with van der Waals surface area (Å²) in [5.74, 6) is 5.13. The van der Waals surface area contributed by atoms with Gasteiger partial charge in [0.25, 0.3) is 0 Å². The fraction of sp³-hybridized carbons (Fsp3) is 0.285. The first-order valence-electron chi connectivity index (χ1n) is 46.8. The molecule has 12 N–H and O–H groups in total. The van der Waals surface area contributed by atoms with Crippen LogP contribution >= 0.6 is 0 Å². The molecular weight excluding hydrogens is 1700 g/mol. The van der Waals surface area contributed by atoms with Crippen molar-refractivity contribution in [3.63, 3.8) is 0 Å². The lowest BCUT2D eigenvalue weighted by Gasteiger charge is -2.45. The summed E-state index contributed by atoms with van der Waals surface area (Å²) in [6, 6.07) is 99.3. The monoisotopic (exact) mass is 1840 g/mol. The molecule has 2 heterocycles. The van der Waals surface area contributed by atoms with Gasteiger partial charge in [-0.25, -0.2) is 0 Å². The molecule has 0 spiro atoms. The molecule has 0 amide bonds. The molecule has 14 nitrogen and oxygen atoms in total. The Balaban J connectivity index is 0.000000149. The Hall–Kier alpha value is -14.2. The van der Waals surface area contributed by atoms with Crippen LogP contribution in [0.15, 0.2) is 334 Å². The minimum absolute atomic E-state index is 0.0668. The molecule has 2 aliphatic heterocycles. The molecule has 0 saturated heterocycles. The zero-order chi connectivity index (χ0) is 100.0. The fourth-order valence-electron chi connectivity index (χ4n) is 20.1. The van der Waals surface area contributed by atoms with E-state index in [-0.39, 0.29) is 112 Å². The first-order valence-corrected chi connectivity index (χ1v) is 46.8. The number of phenols is 12. The third kappa shape index (κ3) is 23.6. The lowest BCUT2D eigenvalue weighted by atomic mass is 9.66. The highest BCUT2D eigenvalue weighted by Gasteiger charge is 2.48. The van der Waals surface area contributed by atoms with Crippen LogP contribution < -0.4 is 9.47 Å². The molecule has 0 fully saturated rings. The van der Waals surface area contributed by atoms with Gasteiger partial charge in [0, 0.05) is 67.4 Å². The molecule has 14 aromatic rings. The molecule has 17 rings (SSSR count). The number of ether oxygens (including phenoxy) is 2. The number of para-hydroxylation sites is 1. The SMILES string of the molecule is C=C(CC(C)(C)c1ccc(O)cc1)c1ccc(O)cc1.CC(=CC(C)(C)c1ccc(O)cc1)c1ccc(O)cc1.CC(C)(c1ccc(O)cc1)c1ccc(O)c(C(C)(C)c2ccc(O)cc2)c1.CC1(C)CC(C)(c2ccc(O)cc2)c2cc(C(C)(C)c3ccc(O)cc3)ccc2O1.CC1(C)CC(C)(c2ccc(O)cc2)c2cc(O)ccc21.CC1(C)CC(C)(c2ccc(O)cc2)c2ccccc2O1. The molecule has 0 aromatic heterocycles. The third-order valence-corrected chi connectivity index (χ3v) is 28.0. The molecule has 0 saturated carbocycles. The van der Waals surface area contributed by atoms with Crippen LogP contribution in [0.25, 0.3) is 11.1 Å². The maximum Gasteiger partial charge on any atom is 0.124 e. The number of hydrogen-bond donors (Lipinski definition) is 12. The Morgan fingerprint density at radius 2 is 0.606 bits per heavy atom. The molecule has 14 aromatic carbocycles. The summed E-state index contributed by atoms with van der Waals surface area (Å²) in [6.07, 6.45) is 5.74. The number of rotatable bonds is 16. The lowest BCUT2D eigenvalue weighted by molar-refractivity contribution is 0.0578. The van der Waals surface area contributed by atoms with Gasteiger partial charge in [0.2, 0.25) is 0 Å². The average Bonchev–Trinajstić information content (AvgIpc) is 1.50. The van der Waals surface area contributed by atoms with Crippen molar-refractivity contribution in [3.05, 3.63) is 429 Å². The van der Waals surface area contributed by atoms with Gasteiger partial charge in [0.05, 0.1) is 0 Å². The Morgan fingerprint density at radius 3 is 1.02 bits per heavy atom. The van der Waals surface area contributed by atoms with E-state index in [0.717, 1.165) is 110 Å². The largest absolute Gasteiger partial charge is 0.508 e. The Morgan fingerprint density at radius 1 is 0.292 bits per heavy atom. The summed E-state index contributed by atoms with van der Waals surface area (Å²) >= 11 is 0. The van der Waals surface area contributed by atoms with Gasteiger partial charge in [-0.1, -0.05) is 286 Å². The maximum absolute atomic E-state index is 10.6. The van der Waals surface area contributed by atoms with E-state index in [2.05, 4.69) is 188 Å². The molecule has 0 bridgehead atoms. The number of benzene rings is 14. The zero-order valence-electron chi connectivity index (χ0n) is 82.9. The molecule has 3 aliphatic rings. The normalized spacial score (nSPS) is 17.2. The topological polar surface area (TPSA) is 261 Å². The van der Waals surface area contributed by atoms with Crippen LogP contribution in [0.3, 0.4) is 0 Å². The summed E-state index contributed by atoms with van der Waals surface area (Å²) in [5.41, 5.74) is 19.3. The van der Waals surface area contributed by atoms with Gasteiger partial charge in [0.1, 0.15) is 91.7 Å². The average molecular weight is 1840 g/mol. The van der Waals surface area contributed by atoms with E-state index in [1.807, 2.05) is 152 Å². The van der Waals surface area contributed by atoms with Crippen LogP contribution in [0.1, 0.15) is 259 Å². The van der Waals surface area contributed by atoms with Gasteiger partial charge in [0.15, 0.2) is 0 Å². The smallest absolute Gasteiger partial charge is 0.124 e. The fourth-order valence-corrected chi connectivity index (χ4v) is 20.1. The third-order valence-electron chi connectivity index (χ3n) is 28.0. The minimum Gasteiger partial charge on any atom is -0.508 e. The summed E-state index contributed by atoms with van der Waals surface area (Å²) < 4.78 is 12.5. The van der Waals surface area contributed by atoms with E-state index in [1.54, 1.807) is 133 Å². The Labute approximate surface area is 810 Å². The molecule has 0 radical (unpaired) electrons. The summed E-state index contributed by atoms with van der Waals surface area (Å²) in [5, 5.41) is 115. The number of fused-ring (bicyclic) bond motifs is 3. The van der Waals surface area contributed by atoms with Crippen LogP contribution in [0, 0.1) is 0 Å². The Kier molecular flexibility index (Phi) is 29.7. The standard InChI is InChI=1S/C27H30O3.C24H26O3.4C18H20O2/c1-25(2)17-27(5,19-8-13-22(29)14-9-19)23-16-20(10-15-24(23)30-25)26(3,4)18-6-11-21(28)12-7-18;1-23(2,16-5-10-19(25)11-6-16)18-9-14-22(27)21(15-18)24(3,4)17-7-12-20(26)13-8-17;1-17(2)11-18(3,12-4-6-13(19)7-5-12)16-10-14(20)8-9-15(16)17;1-17(2)12-18(3,13-8-10-14(19)11-9-13)15-6-4-5-7-16(15)20-17;2*1-13(14-4-8-16(19)9-5-14)12-18(2,3)15-6-10-17(20)11-7-15/h6-16,28-29H,17H2,1-5H3;5-15,25-27H,1-4H3;4-10,19-20H,11H2,1-3H3;4-11,19H,12H2,1-3H3;4-12,19-20H,1-3H3;4-11,19-20H,1,12H2,2-3H3. The second-order valence-electron chi connectivity index (χ2n) is 42.4. The van der Waals surface area contributed by atoms with Crippen molar-refractivity contribution in [2.75, 3.05) is 0 Å². The van der Waals surface area contributed by atoms with Gasteiger partial charge in [-0.05, 0) is 299 Å². The number of phenolic OH excluding ortho intramolecular Hbond substituents is 12. The predicted octanol–water partition coefficient (Wildman–Crippen LogP) is 29.0. The van der Waals surface area contributed by atoms with E-state index in [4.69, 9.17) is 9.47 Å². The molecule has 3 unspecified atom stereocenters. The van der Waals surface area contributed by atoms with Crippen molar-refractivity contribution >= 4 is 11.1 Å². The molecule has 137 heavy (non-hydrogen) atoms. The van der Waals surface area contributed by atoms with Crippen molar-refractivity contribution in [3.8, 4) is 80.5 Å². The maximum atomic E-state index is 10.6. The number of hydrogen-bond acceptors (Lipinski definition) is 14. The second kappa shape index (κ2) is 40.0. The van der Waals surface area contributed by atoms with Crippen LogP contribution in [0.5, 0.6) is 80.5 Å². The predicted molar refractivity (Wildman–Crippen MR) is 556 cm³/mol. The highest BCUT2D eigenvalue weighted by Crippen LogP contribution is 2.56. The first kappa shape index (κ1) is 102. The van der Waals surface area contributed by atoms with Crippen LogP contribution in [0.4, 0.5) is 0 Å². The first-order chi connectivity index (χ1) is 64.1. The summed E-state index contributed by atoms with van der Waals surface area (Å²) in [6.45, 7) is 47.3. The molecular formula is C123H136O14. The van der Waals surface area contributed by atoms with Crippen molar-refractivity contribution in [2.45, 2.75) is 224 Å². The van der Waals surface area contributed by atoms with Crippen molar-refractivity contribution in [2.24, 2.45) is 0 Å². The minimum atomic E-state index is -0.432. The van der Waals surface area contributed by atoms with Gasteiger partial charge in [-0.3, -0.25) is 0 Å². The number of aromatic hydroxyl groups is 12. The van der Waals surface area contributed by atoms with E-state index in [1.165, 1.54) is 33.4 Å². The second-order valence-corrected chi connectivity index (χ2v) is 42.4. The van der Waals surface area contributed by atoms with Gasteiger partial charge in [-0.2, -0.15) is 0 Å². The quantitative estimate of drug-likeness (QED) is 0.0430. The molecule has 1 aliphatic carbocycles. The number of allylic oxidation sites excluding steroid dienone is 3. The van der Waals surface area contributed by atoms with Gasteiger partial charge in [-0.15, -0.1) is 0 Å². The molecule has 14 heteroatoms. The summed E-state index contributed by atoms with van der Waals surface area (Å²) in [4.78, 5) is 0. The van der Waals surface area contributed by atoms with Crippen LogP contribution in [-0.4, -0.2) is 72.5 Å². The van der Waals surface area contributed by atoms with Crippen molar-refractivity contribution in [1.29, 1.82) is 0 Å². The van der Waals surface area contributed by atoms with E-state index in [0.29, 0.717) is 11.5 Å². The summed E-state index contributed by atoms with van der Waals surface area (Å²) in [7, 11) is 0. The molecule has 712 valence electrons. The Bertz CT molecular complexity index is 6520. The zero-order valence-corrected chi connectivity index (χ0v) is 82.9. The van der Waals surface area contributed by atoms with E-state index >= 15 is 0 Å². The van der Waals surface area contributed by atoms with Crippen molar-refractivity contribution in [1.82, 2.24) is 0 Å².